The Morgan fingerprint density at radius 3 is 2.95 bits per heavy atom. The number of nitrogens with one attached hydrogen (secondary N) is 1. The van der Waals surface area contributed by atoms with E-state index < -0.39 is 5.92 Å². The second-order valence-corrected chi connectivity index (χ2v) is 5.11. The van der Waals surface area contributed by atoms with Gasteiger partial charge in [0.15, 0.2) is 5.82 Å². The first kappa shape index (κ1) is 14.7. The normalized spacial score (nSPS) is 13.8. The van der Waals surface area contributed by atoms with Crippen molar-refractivity contribution >= 4 is 44.7 Å². The number of fused-ring (bicyclic) bond motifs is 1. The van der Waals surface area contributed by atoms with E-state index in [2.05, 4.69) is 30.5 Å². The predicted octanol–water partition coefficient (Wildman–Crippen LogP) is 1.39. The Kier molecular flexibility index (Phi) is 4.51. The topological polar surface area (TPSA) is 77.0 Å². The summed E-state index contributed by atoms with van der Waals surface area (Å²) in [5.74, 6) is -0.296. The molecule has 2 rings (SSSR count). The van der Waals surface area contributed by atoms with Gasteiger partial charge in [-0.2, -0.15) is 4.98 Å². The highest BCUT2D eigenvalue weighted by Gasteiger charge is 2.22. The molecule has 0 aliphatic rings. The summed E-state index contributed by atoms with van der Waals surface area (Å²) in [5, 5.41) is 3.16. The summed E-state index contributed by atoms with van der Waals surface area (Å²) in [5.41, 5.74) is 0.829. The van der Waals surface area contributed by atoms with Gasteiger partial charge in [-0.3, -0.25) is 9.78 Å². The maximum absolute atomic E-state index is 11.5. The minimum Gasteiger partial charge on any atom is -0.469 e. The summed E-state index contributed by atoms with van der Waals surface area (Å²) >= 11 is 5.88. The van der Waals surface area contributed by atoms with Crippen molar-refractivity contribution in [3.63, 3.8) is 0 Å². The molecule has 6 nitrogen and oxygen atoms in total. The molecule has 103 valence electrons. The molecule has 20 heavy (non-hydrogen) atoms. The summed E-state index contributed by atoms with van der Waals surface area (Å²) in [6.45, 7) is 1.73. The molecule has 0 saturated heterocycles. The quantitative estimate of drug-likeness (QED) is 0.522. The van der Waals surface area contributed by atoms with Crippen LogP contribution in [0.25, 0.3) is 11.0 Å². The van der Waals surface area contributed by atoms with E-state index in [0.29, 0.717) is 16.9 Å². The number of hydrogen-bond acceptors (Lipinski definition) is 6. The molecule has 0 spiro atoms. The van der Waals surface area contributed by atoms with Crippen molar-refractivity contribution in [2.24, 2.45) is 5.92 Å². The van der Waals surface area contributed by atoms with Gasteiger partial charge in [-0.1, -0.05) is 6.92 Å². The summed E-state index contributed by atoms with van der Waals surface area (Å²) in [4.78, 5) is 23.9. The van der Waals surface area contributed by atoms with Crippen LogP contribution in [0.4, 0.5) is 5.82 Å². The van der Waals surface area contributed by atoms with Crippen LogP contribution in [0.3, 0.4) is 0 Å². The molecule has 8 heteroatoms. The summed E-state index contributed by atoms with van der Waals surface area (Å²) in [6.07, 6.45) is 1.64. The highest BCUT2D eigenvalue weighted by atomic mass is 35.5. The fourth-order valence-corrected chi connectivity index (χ4v) is 2.08. The van der Waals surface area contributed by atoms with Crippen molar-refractivity contribution in [2.75, 3.05) is 12.4 Å². The Labute approximate surface area is 124 Å². The summed E-state index contributed by atoms with van der Waals surface area (Å²) in [6, 6.07) is 3.55. The Hall–Kier alpha value is -1.73. The van der Waals surface area contributed by atoms with Gasteiger partial charge in [0.25, 0.3) is 0 Å². The highest BCUT2D eigenvalue weighted by molar-refractivity contribution is 6.28. The number of aromatic nitrogens is 3. The molecule has 0 amide bonds. The van der Waals surface area contributed by atoms with Gasteiger partial charge in [-0.05, 0) is 23.7 Å². The van der Waals surface area contributed by atoms with E-state index in [0.717, 1.165) is 0 Å². The monoisotopic (exact) mass is 307 g/mol. The van der Waals surface area contributed by atoms with Gasteiger partial charge in [0.1, 0.15) is 5.52 Å². The lowest BCUT2D eigenvalue weighted by Gasteiger charge is -2.20. The highest BCUT2D eigenvalue weighted by Crippen LogP contribution is 2.21. The van der Waals surface area contributed by atoms with Crippen molar-refractivity contribution < 1.29 is 9.53 Å². The van der Waals surface area contributed by atoms with Crippen LogP contribution in [0.2, 0.25) is 5.28 Å². The van der Waals surface area contributed by atoms with Crippen molar-refractivity contribution in [3.8, 4) is 0 Å². The maximum Gasteiger partial charge on any atom is 0.310 e. The number of carbonyl (C=O) groups excluding carboxylic acids is 1. The fourth-order valence-electron chi connectivity index (χ4n) is 1.63. The predicted molar refractivity (Wildman–Crippen MR) is 76.7 cm³/mol. The summed E-state index contributed by atoms with van der Waals surface area (Å²) in [7, 11) is 4.79. The SMILES string of the molecule is COC(=O)[C@H](C)C([Si])Nc1nc(Cl)nc2cccnc12. The van der Waals surface area contributed by atoms with Crippen LogP contribution in [0.1, 0.15) is 6.92 Å². The van der Waals surface area contributed by atoms with Crippen LogP contribution in [0.15, 0.2) is 18.3 Å². The number of nitrogens with zero attached hydrogens (tertiary/aromatic N) is 3. The second kappa shape index (κ2) is 6.15. The van der Waals surface area contributed by atoms with Crippen LogP contribution in [-0.2, 0) is 9.53 Å². The first-order chi connectivity index (χ1) is 9.52. The minimum absolute atomic E-state index is 0.109. The van der Waals surface area contributed by atoms with Crippen LogP contribution < -0.4 is 5.32 Å². The molecule has 2 atom stereocenters. The van der Waals surface area contributed by atoms with E-state index in [1.807, 2.05) is 0 Å². The fraction of sp³-hybridized carbons (Fsp3) is 0.333. The molecular formula is C12H12ClN4O2Si. The van der Waals surface area contributed by atoms with Crippen molar-refractivity contribution in [2.45, 2.75) is 12.6 Å². The van der Waals surface area contributed by atoms with Gasteiger partial charge < -0.3 is 10.1 Å². The number of halogens is 1. The van der Waals surface area contributed by atoms with Crippen molar-refractivity contribution in [1.29, 1.82) is 0 Å². The standard InChI is InChI=1S/C12H12ClN4O2Si/c1-6(11(18)19-2)10(20)16-9-8-7(4-3-5-14-8)15-12(13)17-9/h3-6,10H,1-2H3,(H,15,16,17)/t6-,10?/m1/s1. The lowest BCUT2D eigenvalue weighted by Crippen LogP contribution is -2.34. The Morgan fingerprint density at radius 2 is 2.25 bits per heavy atom. The zero-order chi connectivity index (χ0) is 14.7. The number of rotatable bonds is 4. The molecule has 1 unspecified atom stereocenters. The van der Waals surface area contributed by atoms with E-state index in [1.54, 1.807) is 25.3 Å². The zero-order valence-corrected chi connectivity index (χ0v) is 12.7. The van der Waals surface area contributed by atoms with Crippen LogP contribution in [-0.4, -0.2) is 43.9 Å². The van der Waals surface area contributed by atoms with E-state index in [1.165, 1.54) is 7.11 Å². The van der Waals surface area contributed by atoms with Crippen molar-refractivity contribution in [1.82, 2.24) is 15.0 Å². The number of pyridine rings is 1. The molecular weight excluding hydrogens is 296 g/mol. The molecule has 0 fully saturated rings. The second-order valence-electron chi connectivity index (χ2n) is 4.15. The third kappa shape index (κ3) is 3.05. The van der Waals surface area contributed by atoms with Gasteiger partial charge in [0.2, 0.25) is 5.28 Å². The Morgan fingerprint density at radius 1 is 1.50 bits per heavy atom. The molecule has 0 aliphatic heterocycles. The average molecular weight is 308 g/mol. The average Bonchev–Trinajstić information content (AvgIpc) is 2.45. The van der Waals surface area contributed by atoms with Gasteiger partial charge in [0.05, 0.1) is 28.8 Å². The van der Waals surface area contributed by atoms with Gasteiger partial charge in [-0.25, -0.2) is 4.98 Å². The molecule has 2 aromatic heterocycles. The van der Waals surface area contributed by atoms with E-state index in [4.69, 9.17) is 16.3 Å². The number of anilines is 1. The third-order valence-corrected chi connectivity index (χ3v) is 3.61. The largest absolute Gasteiger partial charge is 0.469 e. The molecule has 0 aromatic carbocycles. The lowest BCUT2D eigenvalue weighted by molar-refractivity contribution is -0.144. The lowest BCUT2D eigenvalue weighted by atomic mass is 10.2. The first-order valence-corrected chi connectivity index (χ1v) is 6.82. The van der Waals surface area contributed by atoms with Crippen LogP contribution >= 0.6 is 11.6 Å². The minimum atomic E-state index is -0.413. The summed E-state index contributed by atoms with van der Waals surface area (Å²) < 4.78 is 4.70. The number of ether oxygens (including phenoxy) is 1. The molecule has 0 saturated carbocycles. The molecule has 0 bridgehead atoms. The molecule has 2 aromatic rings. The van der Waals surface area contributed by atoms with E-state index >= 15 is 0 Å². The van der Waals surface area contributed by atoms with E-state index in [9.17, 15) is 4.79 Å². The molecule has 3 radical (unpaired) electrons. The number of esters is 1. The maximum atomic E-state index is 11.5. The number of carbonyl (C=O) groups is 1. The zero-order valence-electron chi connectivity index (χ0n) is 10.9. The van der Waals surface area contributed by atoms with Crippen molar-refractivity contribution in [3.05, 3.63) is 23.6 Å². The molecule has 1 N–H and O–H groups in total. The Balaban J connectivity index is 2.31. The third-order valence-electron chi connectivity index (χ3n) is 2.79. The Bertz CT molecular complexity index is 640. The van der Waals surface area contributed by atoms with Crippen LogP contribution in [0, 0.1) is 5.92 Å². The van der Waals surface area contributed by atoms with E-state index in [-0.39, 0.29) is 16.9 Å². The van der Waals surface area contributed by atoms with Gasteiger partial charge in [-0.15, -0.1) is 0 Å². The number of hydrogen-bond donors (Lipinski definition) is 1. The first-order valence-electron chi connectivity index (χ1n) is 5.86. The molecule has 0 aliphatic carbocycles. The van der Waals surface area contributed by atoms with Gasteiger partial charge in [0, 0.05) is 11.9 Å². The smallest absolute Gasteiger partial charge is 0.310 e. The number of methoxy groups -OCH3 is 1. The molecule has 2 heterocycles. The van der Waals surface area contributed by atoms with Crippen LogP contribution in [0.5, 0.6) is 0 Å². The van der Waals surface area contributed by atoms with Gasteiger partial charge >= 0.3 is 5.97 Å².